The number of halogens is 3. The summed E-state index contributed by atoms with van der Waals surface area (Å²) >= 11 is 1.07. The highest BCUT2D eigenvalue weighted by atomic mass is 32.1. The van der Waals surface area contributed by atoms with Gasteiger partial charge in [0.05, 0.1) is 0 Å². The predicted molar refractivity (Wildman–Crippen MR) is 97.6 cm³/mol. The van der Waals surface area contributed by atoms with Crippen molar-refractivity contribution < 1.29 is 13.2 Å². The number of fused-ring (bicyclic) bond motifs is 1. The Morgan fingerprint density at radius 3 is 2.37 bits per heavy atom. The Morgan fingerprint density at radius 1 is 0.963 bits per heavy atom. The fraction of sp³-hybridized carbons (Fsp3) is 0.611. The first-order valence-corrected chi connectivity index (χ1v) is 10.3. The van der Waals surface area contributed by atoms with Gasteiger partial charge in [-0.2, -0.15) is 13.2 Å². The molecule has 2 aliphatic carbocycles. The molecule has 0 amide bonds. The first-order chi connectivity index (χ1) is 13.0. The number of piperazine rings is 1. The van der Waals surface area contributed by atoms with Crippen molar-refractivity contribution in [3.05, 3.63) is 28.2 Å². The topological polar surface area (TPSA) is 45.2 Å². The van der Waals surface area contributed by atoms with Crippen molar-refractivity contribution in [1.82, 2.24) is 15.0 Å². The maximum absolute atomic E-state index is 12.8. The van der Waals surface area contributed by atoms with Gasteiger partial charge in [0, 0.05) is 48.7 Å². The Morgan fingerprint density at radius 2 is 1.70 bits per heavy atom. The minimum atomic E-state index is -4.38. The largest absolute Gasteiger partial charge is 0.434 e. The smallest absolute Gasteiger partial charge is 0.353 e. The molecule has 3 aliphatic rings. The normalized spacial score (nSPS) is 20.3. The maximum Gasteiger partial charge on any atom is 0.434 e. The second kappa shape index (κ2) is 6.32. The van der Waals surface area contributed by atoms with Crippen LogP contribution in [0.3, 0.4) is 0 Å². The van der Waals surface area contributed by atoms with E-state index in [1.165, 1.54) is 24.1 Å². The Hall–Kier alpha value is -1.90. The summed E-state index contributed by atoms with van der Waals surface area (Å²) in [5.74, 6) is 2.57. The molecule has 0 aromatic carbocycles. The van der Waals surface area contributed by atoms with Crippen LogP contribution in [0.4, 0.5) is 24.1 Å². The quantitative estimate of drug-likeness (QED) is 0.794. The standard InChI is InChI=1S/C18H20F3N5S/c19-18(20,21)14-10-27-17(23-14)26-8-6-25(7-9-26)16-12-2-1-3-13(12)22-15(24-16)11-4-5-11/h10-11H,1-9H2. The highest BCUT2D eigenvalue weighted by Gasteiger charge is 2.35. The van der Waals surface area contributed by atoms with Crippen LogP contribution in [0.15, 0.2) is 5.38 Å². The van der Waals surface area contributed by atoms with E-state index >= 15 is 0 Å². The molecule has 1 aliphatic heterocycles. The molecule has 5 rings (SSSR count). The number of rotatable bonds is 3. The zero-order valence-corrected chi connectivity index (χ0v) is 15.6. The van der Waals surface area contributed by atoms with E-state index in [9.17, 15) is 13.2 Å². The van der Waals surface area contributed by atoms with Gasteiger partial charge in [0.1, 0.15) is 11.6 Å². The predicted octanol–water partition coefficient (Wildman–Crippen LogP) is 3.64. The number of anilines is 2. The van der Waals surface area contributed by atoms with Gasteiger partial charge in [-0.05, 0) is 32.1 Å². The number of aromatic nitrogens is 3. The summed E-state index contributed by atoms with van der Waals surface area (Å²) < 4.78 is 38.4. The number of hydrogen-bond donors (Lipinski definition) is 0. The lowest BCUT2D eigenvalue weighted by Crippen LogP contribution is -2.47. The van der Waals surface area contributed by atoms with E-state index in [2.05, 4.69) is 9.88 Å². The van der Waals surface area contributed by atoms with Crippen molar-refractivity contribution >= 4 is 22.3 Å². The lowest BCUT2D eigenvalue weighted by atomic mass is 10.2. The van der Waals surface area contributed by atoms with Gasteiger partial charge in [-0.25, -0.2) is 15.0 Å². The SMILES string of the molecule is FC(F)(F)c1csc(N2CCN(c3nc(C4CC4)nc4c3CCC4)CC2)n1. The van der Waals surface area contributed by atoms with E-state index in [4.69, 9.17) is 9.97 Å². The summed E-state index contributed by atoms with van der Waals surface area (Å²) in [5.41, 5.74) is 1.69. The third-order valence-corrected chi connectivity index (χ3v) is 6.40. The summed E-state index contributed by atoms with van der Waals surface area (Å²) in [6, 6.07) is 0. The zero-order valence-electron chi connectivity index (χ0n) is 14.8. The summed E-state index contributed by atoms with van der Waals surface area (Å²) in [7, 11) is 0. The van der Waals surface area contributed by atoms with E-state index in [1.807, 2.05) is 4.90 Å². The van der Waals surface area contributed by atoms with Gasteiger partial charge >= 0.3 is 6.18 Å². The molecule has 0 N–H and O–H groups in total. The molecular weight excluding hydrogens is 375 g/mol. The number of nitrogens with zero attached hydrogens (tertiary/aromatic N) is 5. The molecule has 9 heteroatoms. The van der Waals surface area contributed by atoms with Crippen molar-refractivity contribution in [2.24, 2.45) is 0 Å². The fourth-order valence-electron chi connectivity index (χ4n) is 3.87. The van der Waals surface area contributed by atoms with Crippen LogP contribution in [-0.2, 0) is 19.0 Å². The first kappa shape index (κ1) is 17.2. The van der Waals surface area contributed by atoms with Gasteiger partial charge in [-0.3, -0.25) is 0 Å². The fourth-order valence-corrected chi connectivity index (χ4v) is 4.75. The van der Waals surface area contributed by atoms with Crippen LogP contribution in [0.5, 0.6) is 0 Å². The Balaban J connectivity index is 1.33. The van der Waals surface area contributed by atoms with E-state index in [0.29, 0.717) is 24.1 Å². The molecule has 27 heavy (non-hydrogen) atoms. The van der Waals surface area contributed by atoms with Crippen LogP contribution in [0.1, 0.15) is 48.0 Å². The van der Waals surface area contributed by atoms with Crippen LogP contribution >= 0.6 is 11.3 Å². The van der Waals surface area contributed by atoms with Crippen molar-refractivity contribution in [3.63, 3.8) is 0 Å². The lowest BCUT2D eigenvalue weighted by molar-refractivity contribution is -0.140. The van der Waals surface area contributed by atoms with E-state index in [-0.39, 0.29) is 0 Å². The average molecular weight is 395 g/mol. The maximum atomic E-state index is 12.8. The highest BCUT2D eigenvalue weighted by molar-refractivity contribution is 7.13. The molecule has 0 bridgehead atoms. The number of thiazole rings is 1. The number of aryl methyl sites for hydroxylation is 1. The van der Waals surface area contributed by atoms with E-state index in [1.54, 1.807) is 0 Å². The molecule has 2 aromatic heterocycles. The summed E-state index contributed by atoms with van der Waals surface area (Å²) in [6.45, 7) is 2.80. The highest BCUT2D eigenvalue weighted by Crippen LogP contribution is 2.41. The Labute approximate surface area is 159 Å². The van der Waals surface area contributed by atoms with Gasteiger partial charge in [0.25, 0.3) is 0 Å². The molecule has 0 unspecified atom stereocenters. The first-order valence-electron chi connectivity index (χ1n) is 9.41. The van der Waals surface area contributed by atoms with Gasteiger partial charge in [-0.15, -0.1) is 11.3 Å². The lowest BCUT2D eigenvalue weighted by Gasteiger charge is -2.36. The van der Waals surface area contributed by atoms with Crippen molar-refractivity contribution in [1.29, 1.82) is 0 Å². The summed E-state index contributed by atoms with van der Waals surface area (Å²) in [5, 5.41) is 1.55. The van der Waals surface area contributed by atoms with Gasteiger partial charge in [0.15, 0.2) is 10.8 Å². The van der Waals surface area contributed by atoms with Crippen molar-refractivity contribution in [2.45, 2.75) is 44.2 Å². The minimum Gasteiger partial charge on any atom is -0.353 e. The second-order valence-corrected chi connectivity index (χ2v) is 8.28. The summed E-state index contributed by atoms with van der Waals surface area (Å²) in [4.78, 5) is 17.7. The van der Waals surface area contributed by atoms with Crippen molar-refractivity contribution in [3.8, 4) is 0 Å². The molecule has 2 aromatic rings. The van der Waals surface area contributed by atoms with Gasteiger partial charge in [0.2, 0.25) is 0 Å². The number of hydrogen-bond acceptors (Lipinski definition) is 6. The molecule has 2 fully saturated rings. The summed E-state index contributed by atoms with van der Waals surface area (Å²) in [6.07, 6.45) is 1.16. The zero-order chi connectivity index (χ0) is 18.6. The van der Waals surface area contributed by atoms with Crippen LogP contribution < -0.4 is 9.80 Å². The van der Waals surface area contributed by atoms with Gasteiger partial charge in [-0.1, -0.05) is 0 Å². The van der Waals surface area contributed by atoms with Crippen LogP contribution in [0, 0.1) is 0 Å². The van der Waals surface area contributed by atoms with E-state index in [0.717, 1.165) is 60.7 Å². The molecule has 0 atom stereocenters. The van der Waals surface area contributed by atoms with Crippen LogP contribution in [-0.4, -0.2) is 41.1 Å². The van der Waals surface area contributed by atoms with Crippen molar-refractivity contribution in [2.75, 3.05) is 36.0 Å². The molecule has 144 valence electrons. The monoisotopic (exact) mass is 395 g/mol. The second-order valence-electron chi connectivity index (χ2n) is 7.45. The van der Waals surface area contributed by atoms with Crippen LogP contribution in [0.25, 0.3) is 0 Å². The van der Waals surface area contributed by atoms with Gasteiger partial charge < -0.3 is 9.80 Å². The Bertz CT molecular complexity index is 853. The molecule has 1 saturated carbocycles. The molecule has 0 spiro atoms. The molecule has 3 heterocycles. The Kier molecular flexibility index (Phi) is 4.03. The third-order valence-electron chi connectivity index (χ3n) is 5.50. The minimum absolute atomic E-state index is 0.452. The molecule has 5 nitrogen and oxygen atoms in total. The van der Waals surface area contributed by atoms with E-state index < -0.39 is 11.9 Å². The average Bonchev–Trinajstić information content (AvgIpc) is 3.18. The molecule has 0 radical (unpaired) electrons. The third kappa shape index (κ3) is 3.26. The molecular formula is C18H20F3N5S. The number of alkyl halides is 3. The van der Waals surface area contributed by atoms with Crippen LogP contribution in [0.2, 0.25) is 0 Å². The molecule has 1 saturated heterocycles.